The van der Waals surface area contributed by atoms with Crippen LogP contribution in [0.3, 0.4) is 0 Å². The number of hydrogen-bond donors (Lipinski definition) is 1. The van der Waals surface area contributed by atoms with Crippen molar-refractivity contribution in [3.63, 3.8) is 0 Å². The molecule has 2 aromatic heterocycles. The molecule has 1 N–H and O–H groups in total. The number of rotatable bonds is 2. The SMILES string of the molecule is CN1C(C)(C)CC(Nc2nc(Cl)ncc2F)CC1(C)C.Fc1cnc(Cl)nc1Cl. The van der Waals surface area contributed by atoms with Gasteiger partial charge >= 0.3 is 0 Å². The van der Waals surface area contributed by atoms with E-state index in [4.69, 9.17) is 34.8 Å². The lowest BCUT2D eigenvalue weighted by molar-refractivity contribution is -0.00778. The van der Waals surface area contributed by atoms with E-state index in [-0.39, 0.29) is 38.7 Å². The molecule has 29 heavy (non-hydrogen) atoms. The van der Waals surface area contributed by atoms with E-state index in [1.54, 1.807) is 0 Å². The minimum absolute atomic E-state index is 0.0344. The van der Waals surface area contributed by atoms with Gasteiger partial charge in [0.2, 0.25) is 10.6 Å². The summed E-state index contributed by atoms with van der Waals surface area (Å²) in [7, 11) is 2.14. The van der Waals surface area contributed by atoms with Gasteiger partial charge in [-0.25, -0.2) is 23.7 Å². The van der Waals surface area contributed by atoms with Gasteiger partial charge < -0.3 is 5.32 Å². The fraction of sp³-hybridized carbons (Fsp3) is 0.556. The number of nitrogens with one attached hydrogen (secondary N) is 1. The summed E-state index contributed by atoms with van der Waals surface area (Å²) >= 11 is 16.2. The lowest BCUT2D eigenvalue weighted by Crippen LogP contribution is -2.61. The normalized spacial score (nSPS) is 18.7. The second kappa shape index (κ2) is 9.20. The second-order valence-corrected chi connectivity index (χ2v) is 9.08. The van der Waals surface area contributed by atoms with Crippen molar-refractivity contribution < 1.29 is 8.78 Å². The molecule has 0 aliphatic carbocycles. The van der Waals surface area contributed by atoms with E-state index in [0.717, 1.165) is 25.2 Å². The molecule has 0 atom stereocenters. The van der Waals surface area contributed by atoms with Crippen molar-refractivity contribution in [3.8, 4) is 0 Å². The summed E-state index contributed by atoms with van der Waals surface area (Å²) in [6, 6.07) is 0.150. The Kier molecular flexibility index (Phi) is 7.59. The van der Waals surface area contributed by atoms with Crippen LogP contribution in [0.2, 0.25) is 15.7 Å². The Labute approximate surface area is 184 Å². The van der Waals surface area contributed by atoms with Crippen molar-refractivity contribution in [1.29, 1.82) is 0 Å². The highest BCUT2D eigenvalue weighted by Gasteiger charge is 2.43. The summed E-state index contributed by atoms with van der Waals surface area (Å²) in [6.07, 6.45) is 3.84. The Balaban J connectivity index is 0.000000278. The van der Waals surface area contributed by atoms with Gasteiger partial charge in [-0.1, -0.05) is 11.6 Å². The van der Waals surface area contributed by atoms with Gasteiger partial charge in [0.1, 0.15) is 0 Å². The van der Waals surface area contributed by atoms with Crippen molar-refractivity contribution >= 4 is 40.6 Å². The van der Waals surface area contributed by atoms with Crippen LogP contribution in [0.25, 0.3) is 0 Å². The maximum absolute atomic E-state index is 13.7. The first kappa shape index (κ1) is 23.9. The van der Waals surface area contributed by atoms with Crippen LogP contribution in [-0.2, 0) is 0 Å². The van der Waals surface area contributed by atoms with E-state index in [1.807, 2.05) is 0 Å². The lowest BCUT2D eigenvalue weighted by Gasteiger charge is -2.53. The van der Waals surface area contributed by atoms with Crippen molar-refractivity contribution in [2.24, 2.45) is 0 Å². The Morgan fingerprint density at radius 3 is 1.90 bits per heavy atom. The molecule has 11 heteroatoms. The molecule has 3 heterocycles. The molecular formula is C18H23Cl3F2N6. The third kappa shape index (κ3) is 6.31. The Bertz CT molecular complexity index is 847. The van der Waals surface area contributed by atoms with Crippen molar-refractivity contribution in [3.05, 3.63) is 39.7 Å². The molecule has 1 aliphatic rings. The predicted octanol–water partition coefficient (Wildman–Crippen LogP) is 5.25. The molecule has 2 aromatic rings. The topological polar surface area (TPSA) is 66.8 Å². The molecule has 3 rings (SSSR count). The van der Waals surface area contributed by atoms with Gasteiger partial charge in [-0.3, -0.25) is 4.90 Å². The summed E-state index contributed by atoms with van der Waals surface area (Å²) in [5.41, 5.74) is 0.0689. The van der Waals surface area contributed by atoms with Crippen LogP contribution in [0.4, 0.5) is 14.6 Å². The molecule has 0 radical (unpaired) electrons. The van der Waals surface area contributed by atoms with Crippen molar-refractivity contribution in [2.75, 3.05) is 12.4 Å². The van der Waals surface area contributed by atoms with Crippen LogP contribution in [0.5, 0.6) is 0 Å². The molecule has 0 aromatic carbocycles. The molecular weight excluding hydrogens is 445 g/mol. The van der Waals surface area contributed by atoms with Gasteiger partial charge in [0.15, 0.2) is 22.6 Å². The van der Waals surface area contributed by atoms with E-state index in [0.29, 0.717) is 0 Å². The third-order valence-corrected chi connectivity index (χ3v) is 5.66. The average molecular weight is 468 g/mol. The number of halogens is 5. The maximum atomic E-state index is 13.7. The number of hydrogen-bond acceptors (Lipinski definition) is 6. The van der Waals surface area contributed by atoms with Crippen LogP contribution in [-0.4, -0.2) is 49.0 Å². The molecule has 1 fully saturated rings. The van der Waals surface area contributed by atoms with E-state index >= 15 is 0 Å². The van der Waals surface area contributed by atoms with Gasteiger partial charge in [0.25, 0.3) is 0 Å². The van der Waals surface area contributed by atoms with Crippen molar-refractivity contribution in [1.82, 2.24) is 24.8 Å². The molecule has 0 spiro atoms. The van der Waals surface area contributed by atoms with E-state index in [1.165, 1.54) is 0 Å². The van der Waals surface area contributed by atoms with E-state index in [2.05, 4.69) is 64.9 Å². The fourth-order valence-corrected chi connectivity index (χ4v) is 3.88. The molecule has 1 saturated heterocycles. The Hall–Kier alpha value is -1.35. The Morgan fingerprint density at radius 2 is 1.41 bits per heavy atom. The Morgan fingerprint density at radius 1 is 0.931 bits per heavy atom. The number of likely N-dealkylation sites (tertiary alicyclic amines) is 1. The molecule has 0 saturated carbocycles. The first-order valence-corrected chi connectivity index (χ1v) is 9.97. The van der Waals surface area contributed by atoms with Gasteiger partial charge in [-0.15, -0.1) is 0 Å². The van der Waals surface area contributed by atoms with Crippen LogP contribution < -0.4 is 5.32 Å². The highest BCUT2D eigenvalue weighted by atomic mass is 35.5. The van der Waals surface area contributed by atoms with Crippen LogP contribution >= 0.6 is 34.8 Å². The van der Waals surface area contributed by atoms with E-state index < -0.39 is 11.6 Å². The summed E-state index contributed by atoms with van der Waals surface area (Å²) in [6.45, 7) is 8.80. The zero-order valence-electron chi connectivity index (χ0n) is 16.8. The van der Waals surface area contributed by atoms with Gasteiger partial charge in [-0.2, -0.15) is 4.98 Å². The molecule has 160 valence electrons. The number of nitrogens with zero attached hydrogens (tertiary/aromatic N) is 5. The number of piperidine rings is 1. The summed E-state index contributed by atoms with van der Waals surface area (Å²) in [5.74, 6) is -0.948. The van der Waals surface area contributed by atoms with Gasteiger partial charge in [-0.05, 0) is 70.8 Å². The number of aromatic nitrogens is 4. The quantitative estimate of drug-likeness (QED) is 0.480. The number of anilines is 1. The van der Waals surface area contributed by atoms with Gasteiger partial charge in [0.05, 0.1) is 12.4 Å². The first-order valence-electron chi connectivity index (χ1n) is 8.84. The minimum atomic E-state index is -0.666. The minimum Gasteiger partial charge on any atom is -0.365 e. The third-order valence-electron chi connectivity index (χ3n) is 5.04. The first-order chi connectivity index (χ1) is 13.3. The maximum Gasteiger partial charge on any atom is 0.224 e. The molecule has 0 bridgehead atoms. The molecule has 1 aliphatic heterocycles. The summed E-state index contributed by atoms with van der Waals surface area (Å²) in [5, 5.41) is 2.93. The molecule has 0 amide bonds. The molecule has 0 unspecified atom stereocenters. The smallest absolute Gasteiger partial charge is 0.224 e. The second-order valence-electron chi connectivity index (χ2n) is 8.05. The van der Waals surface area contributed by atoms with Gasteiger partial charge in [0, 0.05) is 17.1 Å². The van der Waals surface area contributed by atoms with Crippen LogP contribution in [0.1, 0.15) is 40.5 Å². The van der Waals surface area contributed by atoms with Crippen LogP contribution in [0, 0.1) is 11.6 Å². The zero-order chi connectivity index (χ0) is 22.0. The fourth-order valence-electron chi connectivity index (χ4n) is 3.44. The highest BCUT2D eigenvalue weighted by molar-refractivity contribution is 6.31. The summed E-state index contributed by atoms with van der Waals surface area (Å²) < 4.78 is 25.9. The van der Waals surface area contributed by atoms with E-state index in [9.17, 15) is 8.78 Å². The summed E-state index contributed by atoms with van der Waals surface area (Å²) in [4.78, 5) is 16.6. The standard InChI is InChI=1S/C14H22ClFN4.C4HCl2FN2/c1-13(2)6-9(7-14(3,4)20(13)5)18-11-10(16)8-17-12(15)19-11;5-3-2(7)1-8-4(6)9-3/h8-9H,6-7H2,1-5H3,(H,17,18,19);1H. The van der Waals surface area contributed by atoms with Crippen LogP contribution in [0.15, 0.2) is 12.4 Å². The zero-order valence-corrected chi connectivity index (χ0v) is 19.0. The average Bonchev–Trinajstić information content (AvgIpc) is 2.60. The molecule has 6 nitrogen and oxygen atoms in total. The van der Waals surface area contributed by atoms with Crippen molar-refractivity contribution in [2.45, 2.75) is 57.7 Å². The lowest BCUT2D eigenvalue weighted by atomic mass is 9.77. The largest absolute Gasteiger partial charge is 0.365 e. The highest BCUT2D eigenvalue weighted by Crippen LogP contribution is 2.38. The predicted molar refractivity (Wildman–Crippen MR) is 112 cm³/mol. The monoisotopic (exact) mass is 466 g/mol.